The number of hydrogen-bond acceptors (Lipinski definition) is 4. The number of carbonyl (C=O) groups is 1. The minimum absolute atomic E-state index is 0.127. The van der Waals surface area contributed by atoms with E-state index in [1.54, 1.807) is 30.6 Å². The van der Waals surface area contributed by atoms with Gasteiger partial charge in [-0.1, -0.05) is 24.3 Å². The Morgan fingerprint density at radius 2 is 1.94 bits per heavy atom. The van der Waals surface area contributed by atoms with Crippen molar-refractivity contribution in [2.75, 3.05) is 5.32 Å². The smallest absolute Gasteiger partial charge is 0.248 e. The van der Waals surface area contributed by atoms with Crippen LogP contribution in [0.15, 0.2) is 60.9 Å². The minimum atomic E-state index is -0.278. The van der Waals surface area contributed by atoms with Crippen molar-refractivity contribution >= 4 is 28.7 Å². The van der Waals surface area contributed by atoms with E-state index < -0.39 is 0 Å². The predicted molar refractivity (Wildman–Crippen MR) is 129 cm³/mol. The molecule has 3 aromatic heterocycles. The summed E-state index contributed by atoms with van der Waals surface area (Å²) in [6.07, 6.45) is 8.19. The number of aromatic nitrogens is 3. The van der Waals surface area contributed by atoms with Gasteiger partial charge in [0.1, 0.15) is 11.7 Å². The number of nitriles is 1. The number of carbonyl (C=O) groups excluding carboxylic acids is 1. The van der Waals surface area contributed by atoms with E-state index in [1.165, 1.54) is 17.2 Å². The fraction of sp³-hybridized carbons (Fsp3) is 0.185. The molecule has 0 saturated carbocycles. The van der Waals surface area contributed by atoms with E-state index >= 15 is 0 Å². The Morgan fingerprint density at radius 3 is 2.61 bits per heavy atom. The zero-order valence-corrected chi connectivity index (χ0v) is 18.5. The molecule has 1 aliphatic carbocycles. The van der Waals surface area contributed by atoms with Crippen LogP contribution in [0.2, 0.25) is 0 Å². The molecule has 1 aromatic carbocycles. The van der Waals surface area contributed by atoms with E-state index in [0.29, 0.717) is 16.9 Å². The molecule has 3 heterocycles. The first kappa shape index (κ1) is 20.7. The van der Waals surface area contributed by atoms with Gasteiger partial charge >= 0.3 is 0 Å². The maximum Gasteiger partial charge on any atom is 0.248 e. The first-order valence-corrected chi connectivity index (χ1v) is 10.9. The molecule has 33 heavy (non-hydrogen) atoms. The van der Waals surface area contributed by atoms with Crippen LogP contribution in [0.4, 0.5) is 5.69 Å². The van der Waals surface area contributed by atoms with Gasteiger partial charge in [0.2, 0.25) is 5.91 Å². The molecule has 0 unspecified atom stereocenters. The SMILES string of the molecule is Cc1cc(C)c2c(C#N)c(C=CC(=O)Nc3cccnc3)n(C3Cc4ccccc4C3)c2n1. The number of pyridine rings is 2. The average molecular weight is 434 g/mol. The van der Waals surface area contributed by atoms with Crippen molar-refractivity contribution < 1.29 is 4.79 Å². The molecule has 1 amide bonds. The Morgan fingerprint density at radius 1 is 1.18 bits per heavy atom. The van der Waals surface area contributed by atoms with Crippen LogP contribution >= 0.6 is 0 Å². The molecule has 0 aliphatic heterocycles. The molecular weight excluding hydrogens is 410 g/mol. The molecule has 4 aromatic rings. The average Bonchev–Trinajstić information content (AvgIpc) is 3.36. The number of nitrogens with one attached hydrogen (secondary N) is 1. The Bertz CT molecular complexity index is 1420. The number of aryl methyl sites for hydroxylation is 2. The number of benzene rings is 1. The van der Waals surface area contributed by atoms with Crippen molar-refractivity contribution in [3.63, 3.8) is 0 Å². The molecule has 0 fully saturated rings. The molecule has 1 aliphatic rings. The summed E-state index contributed by atoms with van der Waals surface area (Å²) in [5.74, 6) is -0.278. The highest BCUT2D eigenvalue weighted by atomic mass is 16.1. The summed E-state index contributed by atoms with van der Waals surface area (Å²) in [7, 11) is 0. The van der Waals surface area contributed by atoms with Gasteiger partial charge in [0.25, 0.3) is 0 Å². The van der Waals surface area contributed by atoms with Gasteiger partial charge in [0.15, 0.2) is 0 Å². The van der Waals surface area contributed by atoms with Crippen LogP contribution in [0.5, 0.6) is 0 Å². The Hall–Kier alpha value is -4.24. The van der Waals surface area contributed by atoms with Gasteiger partial charge in [-0.2, -0.15) is 5.26 Å². The van der Waals surface area contributed by atoms with Crippen molar-refractivity contribution in [2.45, 2.75) is 32.7 Å². The normalized spacial score (nSPS) is 13.4. The fourth-order valence-electron chi connectivity index (χ4n) is 4.80. The third kappa shape index (κ3) is 3.79. The quantitative estimate of drug-likeness (QED) is 0.464. The molecule has 1 N–H and O–H groups in total. The molecule has 0 bridgehead atoms. The van der Waals surface area contributed by atoms with Crippen molar-refractivity contribution in [2.24, 2.45) is 0 Å². The lowest BCUT2D eigenvalue weighted by molar-refractivity contribution is -0.111. The van der Waals surface area contributed by atoms with Gasteiger partial charge in [-0.15, -0.1) is 0 Å². The van der Waals surface area contributed by atoms with E-state index in [0.717, 1.165) is 35.1 Å². The number of anilines is 1. The number of hydrogen-bond donors (Lipinski definition) is 1. The second kappa shape index (κ2) is 8.36. The second-order valence-electron chi connectivity index (χ2n) is 8.42. The topological polar surface area (TPSA) is 83.6 Å². The highest BCUT2D eigenvalue weighted by Crippen LogP contribution is 2.37. The predicted octanol–water partition coefficient (Wildman–Crippen LogP) is 4.91. The summed E-state index contributed by atoms with van der Waals surface area (Å²) in [6.45, 7) is 3.98. The summed E-state index contributed by atoms with van der Waals surface area (Å²) in [6, 6.07) is 16.5. The van der Waals surface area contributed by atoms with E-state index in [-0.39, 0.29) is 11.9 Å². The van der Waals surface area contributed by atoms with Crippen LogP contribution in [0.1, 0.15) is 39.7 Å². The first-order chi connectivity index (χ1) is 16.0. The Kier molecular flexibility index (Phi) is 5.23. The highest BCUT2D eigenvalue weighted by molar-refractivity contribution is 6.02. The summed E-state index contributed by atoms with van der Waals surface area (Å²) in [5.41, 5.74) is 7.24. The molecule has 6 nitrogen and oxygen atoms in total. The van der Waals surface area contributed by atoms with Gasteiger partial charge in [-0.3, -0.25) is 9.78 Å². The monoisotopic (exact) mass is 433 g/mol. The lowest BCUT2D eigenvalue weighted by Crippen LogP contribution is -2.12. The van der Waals surface area contributed by atoms with Crippen molar-refractivity contribution in [3.05, 3.63) is 94.6 Å². The lowest BCUT2D eigenvalue weighted by atomic mass is 10.1. The van der Waals surface area contributed by atoms with Crippen LogP contribution in [0.3, 0.4) is 0 Å². The van der Waals surface area contributed by atoms with Gasteiger partial charge in [-0.25, -0.2) is 4.98 Å². The largest absolute Gasteiger partial charge is 0.321 e. The van der Waals surface area contributed by atoms with E-state index in [4.69, 9.17) is 4.98 Å². The van der Waals surface area contributed by atoms with Crippen molar-refractivity contribution in [1.29, 1.82) is 5.26 Å². The maximum atomic E-state index is 12.6. The standard InChI is InChI=1S/C27H23N5O/c1-17-12-18(2)30-27-26(17)23(15-28)24(9-10-25(33)31-21-8-5-11-29-16-21)32(27)22-13-19-6-3-4-7-20(19)14-22/h3-12,16,22H,13-14H2,1-2H3,(H,31,33). The minimum Gasteiger partial charge on any atom is -0.321 e. The summed E-state index contributed by atoms with van der Waals surface area (Å²) < 4.78 is 2.15. The van der Waals surface area contributed by atoms with Crippen LogP contribution in [-0.2, 0) is 17.6 Å². The fourth-order valence-corrected chi connectivity index (χ4v) is 4.80. The van der Waals surface area contributed by atoms with E-state index in [2.05, 4.69) is 45.2 Å². The number of fused-ring (bicyclic) bond motifs is 2. The highest BCUT2D eigenvalue weighted by Gasteiger charge is 2.28. The van der Waals surface area contributed by atoms with Gasteiger partial charge in [-0.05, 0) is 67.7 Å². The molecule has 5 rings (SSSR count). The number of rotatable bonds is 4. The van der Waals surface area contributed by atoms with Crippen LogP contribution in [0.25, 0.3) is 17.1 Å². The van der Waals surface area contributed by atoms with E-state index in [9.17, 15) is 10.1 Å². The van der Waals surface area contributed by atoms with Crippen LogP contribution in [-0.4, -0.2) is 20.4 Å². The molecule has 0 atom stereocenters. The molecule has 162 valence electrons. The van der Waals surface area contributed by atoms with Gasteiger partial charge in [0, 0.05) is 29.4 Å². The summed E-state index contributed by atoms with van der Waals surface area (Å²) in [4.78, 5) is 21.5. The van der Waals surface area contributed by atoms with Crippen molar-refractivity contribution in [3.8, 4) is 6.07 Å². The van der Waals surface area contributed by atoms with Crippen LogP contribution in [0, 0.1) is 25.2 Å². The molecule has 0 spiro atoms. The van der Waals surface area contributed by atoms with E-state index in [1.807, 2.05) is 19.9 Å². The molecule has 6 heteroatoms. The van der Waals surface area contributed by atoms with Gasteiger partial charge < -0.3 is 9.88 Å². The molecular formula is C27H23N5O. The van der Waals surface area contributed by atoms with Crippen LogP contribution < -0.4 is 5.32 Å². The number of amides is 1. The molecule has 0 saturated heterocycles. The Balaban J connectivity index is 1.61. The Labute approximate surface area is 192 Å². The summed E-state index contributed by atoms with van der Waals surface area (Å²) >= 11 is 0. The zero-order chi connectivity index (χ0) is 22.9. The number of nitrogens with zero attached hydrogens (tertiary/aromatic N) is 4. The second-order valence-corrected chi connectivity index (χ2v) is 8.42. The van der Waals surface area contributed by atoms with Crippen molar-refractivity contribution in [1.82, 2.24) is 14.5 Å². The van der Waals surface area contributed by atoms with Gasteiger partial charge in [0.05, 0.1) is 23.1 Å². The maximum absolute atomic E-state index is 12.6. The zero-order valence-electron chi connectivity index (χ0n) is 18.5. The lowest BCUT2D eigenvalue weighted by Gasteiger charge is -2.16. The summed E-state index contributed by atoms with van der Waals surface area (Å²) in [5, 5.41) is 13.8. The third-order valence-electron chi connectivity index (χ3n) is 6.15. The molecule has 0 radical (unpaired) electrons. The first-order valence-electron chi connectivity index (χ1n) is 10.9. The third-order valence-corrected chi connectivity index (χ3v) is 6.15.